The van der Waals surface area contributed by atoms with E-state index in [4.69, 9.17) is 0 Å². The molecule has 0 radical (unpaired) electrons. The molecule has 0 amide bonds. The average molecular weight is 263 g/mol. The van der Waals surface area contributed by atoms with Crippen molar-refractivity contribution < 1.29 is 0 Å². The number of aryl methyl sites for hydroxylation is 1. The molecule has 1 aliphatic carbocycles. The van der Waals surface area contributed by atoms with Crippen LogP contribution in [0.25, 0.3) is 0 Å². The predicted molar refractivity (Wildman–Crippen MR) is 77.4 cm³/mol. The molecule has 0 aliphatic heterocycles. The average Bonchev–Trinajstić information content (AvgIpc) is 3.19. The molecule has 0 atom stereocenters. The molecule has 0 saturated heterocycles. The fourth-order valence-electron chi connectivity index (χ4n) is 2.03. The Labute approximate surface area is 115 Å². The minimum Gasteiger partial charge on any atom is -0.310 e. The molecule has 106 valence electrons. The van der Waals surface area contributed by atoms with Crippen molar-refractivity contribution in [1.82, 2.24) is 15.1 Å². The van der Waals surface area contributed by atoms with Crippen LogP contribution in [-0.4, -0.2) is 15.8 Å². The Hall–Kier alpha value is -1.16. The van der Waals surface area contributed by atoms with Crippen LogP contribution in [0.2, 0.25) is 0 Å². The highest BCUT2D eigenvalue weighted by atomic mass is 16.1. The third-order valence-corrected chi connectivity index (χ3v) is 3.54. The molecular formula is C15H25N3O. The van der Waals surface area contributed by atoms with E-state index in [0.717, 1.165) is 30.6 Å². The van der Waals surface area contributed by atoms with Crippen LogP contribution in [0.4, 0.5) is 0 Å². The standard InChI is InChI=1S/C15H25N3O/c1-4-5-8-18-15(19)12(10-16-13-6-7-13)9-14(17-18)11(2)3/h9,11,13,16H,4-8,10H2,1-3H3. The summed E-state index contributed by atoms with van der Waals surface area (Å²) >= 11 is 0. The minimum absolute atomic E-state index is 0.0750. The van der Waals surface area contributed by atoms with E-state index in [0.29, 0.717) is 18.5 Å². The van der Waals surface area contributed by atoms with Gasteiger partial charge >= 0.3 is 0 Å². The molecule has 0 aromatic carbocycles. The fraction of sp³-hybridized carbons (Fsp3) is 0.733. The van der Waals surface area contributed by atoms with E-state index in [2.05, 4.69) is 31.2 Å². The molecule has 1 saturated carbocycles. The van der Waals surface area contributed by atoms with Gasteiger partial charge in [-0.2, -0.15) is 5.10 Å². The molecule has 0 bridgehead atoms. The third-order valence-electron chi connectivity index (χ3n) is 3.54. The second-order valence-electron chi connectivity index (χ2n) is 5.79. The molecule has 1 fully saturated rings. The summed E-state index contributed by atoms with van der Waals surface area (Å²) in [6, 6.07) is 2.60. The van der Waals surface area contributed by atoms with Crippen LogP contribution in [0.5, 0.6) is 0 Å². The second kappa shape index (κ2) is 6.33. The first-order valence-corrected chi connectivity index (χ1v) is 7.46. The summed E-state index contributed by atoms with van der Waals surface area (Å²) in [7, 11) is 0. The van der Waals surface area contributed by atoms with Crippen molar-refractivity contribution in [3.05, 3.63) is 27.7 Å². The first-order valence-electron chi connectivity index (χ1n) is 7.46. The number of hydrogen-bond acceptors (Lipinski definition) is 3. The molecular weight excluding hydrogens is 238 g/mol. The summed E-state index contributed by atoms with van der Waals surface area (Å²) in [5, 5.41) is 7.91. The Morgan fingerprint density at radius 1 is 1.47 bits per heavy atom. The highest BCUT2D eigenvalue weighted by Gasteiger charge is 2.21. The number of nitrogens with one attached hydrogen (secondary N) is 1. The molecule has 4 heteroatoms. The molecule has 1 N–H and O–H groups in total. The van der Waals surface area contributed by atoms with Crippen LogP contribution in [0.3, 0.4) is 0 Å². The van der Waals surface area contributed by atoms with Gasteiger partial charge in [-0.3, -0.25) is 4.79 Å². The van der Waals surface area contributed by atoms with E-state index in [1.54, 1.807) is 4.68 Å². The Morgan fingerprint density at radius 3 is 2.79 bits per heavy atom. The van der Waals surface area contributed by atoms with Gasteiger partial charge in [-0.15, -0.1) is 0 Å². The summed E-state index contributed by atoms with van der Waals surface area (Å²) in [6.45, 7) is 7.78. The Morgan fingerprint density at radius 2 is 2.21 bits per heavy atom. The molecule has 19 heavy (non-hydrogen) atoms. The summed E-state index contributed by atoms with van der Waals surface area (Å²) in [4.78, 5) is 12.3. The van der Waals surface area contributed by atoms with Crippen molar-refractivity contribution in [2.45, 2.75) is 71.5 Å². The SMILES string of the molecule is CCCCn1nc(C(C)C)cc(CNC2CC2)c1=O. The first-order chi connectivity index (χ1) is 9.11. The monoisotopic (exact) mass is 263 g/mol. The van der Waals surface area contributed by atoms with Crippen LogP contribution in [-0.2, 0) is 13.1 Å². The van der Waals surface area contributed by atoms with Crippen LogP contribution in [0.1, 0.15) is 63.6 Å². The van der Waals surface area contributed by atoms with Gasteiger partial charge < -0.3 is 5.32 Å². The van der Waals surface area contributed by atoms with E-state index >= 15 is 0 Å². The van der Waals surface area contributed by atoms with E-state index in [9.17, 15) is 4.79 Å². The van der Waals surface area contributed by atoms with Crippen LogP contribution in [0.15, 0.2) is 10.9 Å². The number of nitrogens with zero attached hydrogens (tertiary/aromatic N) is 2. The number of unbranched alkanes of at least 4 members (excludes halogenated alkanes) is 1. The van der Waals surface area contributed by atoms with E-state index in [1.165, 1.54) is 12.8 Å². The topological polar surface area (TPSA) is 46.9 Å². The lowest BCUT2D eigenvalue weighted by Gasteiger charge is -2.12. The summed E-state index contributed by atoms with van der Waals surface area (Å²) in [5.74, 6) is 0.355. The lowest BCUT2D eigenvalue weighted by molar-refractivity contribution is 0.517. The maximum atomic E-state index is 12.3. The number of hydrogen-bond donors (Lipinski definition) is 1. The van der Waals surface area contributed by atoms with Gasteiger partial charge in [-0.25, -0.2) is 4.68 Å². The zero-order valence-corrected chi connectivity index (χ0v) is 12.3. The lowest BCUT2D eigenvalue weighted by Crippen LogP contribution is -2.31. The number of rotatable bonds is 7. The third kappa shape index (κ3) is 3.90. The smallest absolute Gasteiger partial charge is 0.271 e. The zero-order chi connectivity index (χ0) is 13.8. The maximum absolute atomic E-state index is 12.3. The van der Waals surface area contributed by atoms with Crippen LogP contribution < -0.4 is 10.9 Å². The van der Waals surface area contributed by atoms with Gasteiger partial charge in [-0.1, -0.05) is 27.2 Å². The van der Waals surface area contributed by atoms with Crippen molar-refractivity contribution in [2.75, 3.05) is 0 Å². The van der Waals surface area contributed by atoms with Gasteiger partial charge in [0.05, 0.1) is 5.69 Å². The van der Waals surface area contributed by atoms with E-state index in [1.807, 2.05) is 6.07 Å². The van der Waals surface area contributed by atoms with Crippen LogP contribution in [0, 0.1) is 0 Å². The predicted octanol–water partition coefficient (Wildman–Crippen LogP) is 2.42. The Balaban J connectivity index is 2.22. The lowest BCUT2D eigenvalue weighted by atomic mass is 10.1. The van der Waals surface area contributed by atoms with Crippen molar-refractivity contribution in [2.24, 2.45) is 0 Å². The Kier molecular flexibility index (Phi) is 4.75. The summed E-state index contributed by atoms with van der Waals surface area (Å²) in [6.07, 6.45) is 4.57. The molecule has 4 nitrogen and oxygen atoms in total. The highest BCUT2D eigenvalue weighted by Crippen LogP contribution is 2.19. The van der Waals surface area contributed by atoms with E-state index in [-0.39, 0.29) is 5.56 Å². The van der Waals surface area contributed by atoms with Crippen molar-refractivity contribution in [3.63, 3.8) is 0 Å². The summed E-state index contributed by atoms with van der Waals surface area (Å²) < 4.78 is 1.66. The molecule has 0 spiro atoms. The van der Waals surface area contributed by atoms with Gasteiger partial charge in [0.2, 0.25) is 0 Å². The largest absolute Gasteiger partial charge is 0.310 e. The van der Waals surface area contributed by atoms with Crippen molar-refractivity contribution >= 4 is 0 Å². The Bertz CT molecular complexity index is 475. The fourth-order valence-corrected chi connectivity index (χ4v) is 2.03. The molecule has 2 rings (SSSR count). The molecule has 1 aromatic heterocycles. The highest BCUT2D eigenvalue weighted by molar-refractivity contribution is 5.16. The van der Waals surface area contributed by atoms with Gasteiger partial charge in [0.25, 0.3) is 5.56 Å². The molecule has 1 aliphatic rings. The molecule has 0 unspecified atom stereocenters. The van der Waals surface area contributed by atoms with Gasteiger partial charge in [0.1, 0.15) is 0 Å². The normalized spacial score (nSPS) is 15.2. The van der Waals surface area contributed by atoms with Crippen LogP contribution >= 0.6 is 0 Å². The van der Waals surface area contributed by atoms with Gasteiger partial charge in [-0.05, 0) is 31.2 Å². The quantitative estimate of drug-likeness (QED) is 0.822. The summed E-state index contributed by atoms with van der Waals surface area (Å²) in [5.41, 5.74) is 1.95. The van der Waals surface area contributed by atoms with Crippen molar-refractivity contribution in [3.8, 4) is 0 Å². The first kappa shape index (κ1) is 14.3. The minimum atomic E-state index is 0.0750. The molecule has 1 heterocycles. The zero-order valence-electron chi connectivity index (χ0n) is 12.3. The second-order valence-corrected chi connectivity index (χ2v) is 5.79. The maximum Gasteiger partial charge on any atom is 0.271 e. The van der Waals surface area contributed by atoms with E-state index < -0.39 is 0 Å². The van der Waals surface area contributed by atoms with Gasteiger partial charge in [0.15, 0.2) is 0 Å². The van der Waals surface area contributed by atoms with Crippen molar-refractivity contribution in [1.29, 1.82) is 0 Å². The number of aromatic nitrogens is 2. The molecule has 1 aromatic rings. The van der Waals surface area contributed by atoms with Gasteiger partial charge in [0, 0.05) is 24.7 Å².